The predicted octanol–water partition coefficient (Wildman–Crippen LogP) is 4.78. The van der Waals surface area contributed by atoms with Crippen LogP contribution in [0.1, 0.15) is 91.9 Å². The van der Waals surface area contributed by atoms with E-state index in [0.29, 0.717) is 5.92 Å². The summed E-state index contributed by atoms with van der Waals surface area (Å²) >= 11 is 0. The second kappa shape index (κ2) is 12.3. The molecule has 0 saturated heterocycles. The first-order valence-electron chi connectivity index (χ1n) is 10.9. The van der Waals surface area contributed by atoms with Crippen molar-refractivity contribution < 1.29 is 15.3 Å². The van der Waals surface area contributed by atoms with Crippen LogP contribution in [0.2, 0.25) is 0 Å². The average Bonchev–Trinajstić information content (AvgIpc) is 2.63. The summed E-state index contributed by atoms with van der Waals surface area (Å²) < 4.78 is 0. The molecule has 0 amide bonds. The average molecular weight is 357 g/mol. The molecule has 3 N–H and O–H groups in total. The molecule has 0 spiro atoms. The van der Waals surface area contributed by atoms with Crippen LogP contribution in [0.25, 0.3) is 0 Å². The van der Waals surface area contributed by atoms with Gasteiger partial charge in [-0.2, -0.15) is 0 Å². The van der Waals surface area contributed by atoms with Crippen molar-refractivity contribution >= 4 is 0 Å². The van der Waals surface area contributed by atoms with E-state index in [4.69, 9.17) is 0 Å². The van der Waals surface area contributed by atoms with E-state index in [2.05, 4.69) is 27.7 Å². The second-order valence-corrected chi connectivity index (χ2v) is 8.83. The van der Waals surface area contributed by atoms with Crippen LogP contribution in [0.4, 0.5) is 0 Å². The number of rotatable bonds is 12. The van der Waals surface area contributed by atoms with E-state index in [-0.39, 0.29) is 24.4 Å². The predicted molar refractivity (Wildman–Crippen MR) is 105 cm³/mol. The molecule has 0 heterocycles. The van der Waals surface area contributed by atoms with Gasteiger partial charge in [-0.05, 0) is 48.9 Å². The Bertz CT molecular complexity index is 333. The molecule has 3 nitrogen and oxygen atoms in total. The first kappa shape index (κ1) is 22.9. The SMILES string of the molecule is CCCC(CC)CCC(C)CC(C)C(O)[C@@H](O)[C@H]1CCCCC1CO. The Balaban J connectivity index is 2.44. The lowest BCUT2D eigenvalue weighted by molar-refractivity contribution is -0.0765. The van der Waals surface area contributed by atoms with Crippen molar-refractivity contribution in [2.45, 2.75) is 104 Å². The smallest absolute Gasteiger partial charge is 0.0833 e. The van der Waals surface area contributed by atoms with Crippen molar-refractivity contribution in [3.8, 4) is 0 Å². The standard InChI is InChI=1S/C22H44O3/c1-5-9-18(6-2)13-12-16(3)14-17(4)21(24)22(25)20-11-8-7-10-19(20)15-23/h16-25H,5-15H2,1-4H3/t16?,17?,18?,19?,20-,21?,22-/m0/s1. The van der Waals surface area contributed by atoms with Crippen LogP contribution in [0, 0.1) is 29.6 Å². The maximum atomic E-state index is 10.7. The summed E-state index contributed by atoms with van der Waals surface area (Å²) in [5.74, 6) is 1.74. The molecular weight excluding hydrogens is 312 g/mol. The molecule has 1 rings (SSSR count). The van der Waals surface area contributed by atoms with Gasteiger partial charge in [-0.25, -0.2) is 0 Å². The molecule has 150 valence electrons. The maximum Gasteiger partial charge on any atom is 0.0833 e. The van der Waals surface area contributed by atoms with Crippen molar-refractivity contribution in [2.24, 2.45) is 29.6 Å². The van der Waals surface area contributed by atoms with Gasteiger partial charge in [0.1, 0.15) is 0 Å². The topological polar surface area (TPSA) is 60.7 Å². The molecule has 0 radical (unpaired) electrons. The van der Waals surface area contributed by atoms with Crippen LogP contribution in [0.15, 0.2) is 0 Å². The molecule has 0 aliphatic heterocycles. The number of aliphatic hydroxyl groups is 3. The molecule has 0 aromatic heterocycles. The van der Waals surface area contributed by atoms with Gasteiger partial charge in [0.2, 0.25) is 0 Å². The Kier molecular flexibility index (Phi) is 11.3. The minimum absolute atomic E-state index is 0.0560. The molecule has 0 aromatic carbocycles. The fraction of sp³-hybridized carbons (Fsp3) is 1.00. The van der Waals surface area contributed by atoms with Crippen molar-refractivity contribution in [3.63, 3.8) is 0 Å². The van der Waals surface area contributed by atoms with E-state index in [9.17, 15) is 15.3 Å². The summed E-state index contributed by atoms with van der Waals surface area (Å²) in [4.78, 5) is 0. The Morgan fingerprint density at radius 3 is 2.24 bits per heavy atom. The summed E-state index contributed by atoms with van der Waals surface area (Å²) in [6, 6.07) is 0. The summed E-state index contributed by atoms with van der Waals surface area (Å²) in [5, 5.41) is 30.9. The summed E-state index contributed by atoms with van der Waals surface area (Å²) in [6.45, 7) is 9.04. The van der Waals surface area contributed by atoms with Gasteiger partial charge in [0.05, 0.1) is 12.2 Å². The number of hydrogen-bond acceptors (Lipinski definition) is 3. The largest absolute Gasteiger partial charge is 0.396 e. The summed E-state index contributed by atoms with van der Waals surface area (Å²) in [5.41, 5.74) is 0. The highest BCUT2D eigenvalue weighted by Gasteiger charge is 2.36. The molecule has 1 aliphatic carbocycles. The van der Waals surface area contributed by atoms with Gasteiger partial charge in [0.15, 0.2) is 0 Å². The van der Waals surface area contributed by atoms with Crippen molar-refractivity contribution in [3.05, 3.63) is 0 Å². The fourth-order valence-corrected chi connectivity index (χ4v) is 4.88. The third-order valence-electron chi connectivity index (χ3n) is 6.69. The highest BCUT2D eigenvalue weighted by molar-refractivity contribution is 4.86. The molecule has 3 heteroatoms. The van der Waals surface area contributed by atoms with Gasteiger partial charge in [-0.15, -0.1) is 0 Å². The van der Waals surface area contributed by atoms with Crippen LogP contribution in [0.5, 0.6) is 0 Å². The third-order valence-corrected chi connectivity index (χ3v) is 6.69. The van der Waals surface area contributed by atoms with Gasteiger partial charge < -0.3 is 15.3 Å². The van der Waals surface area contributed by atoms with Gasteiger partial charge in [0.25, 0.3) is 0 Å². The second-order valence-electron chi connectivity index (χ2n) is 8.83. The van der Waals surface area contributed by atoms with E-state index < -0.39 is 12.2 Å². The van der Waals surface area contributed by atoms with Gasteiger partial charge in [0, 0.05) is 6.61 Å². The fourth-order valence-electron chi connectivity index (χ4n) is 4.88. The van der Waals surface area contributed by atoms with Gasteiger partial charge in [-0.1, -0.05) is 72.6 Å². The zero-order chi connectivity index (χ0) is 18.8. The Labute approximate surface area is 156 Å². The molecular formula is C22H44O3. The van der Waals surface area contributed by atoms with Crippen molar-refractivity contribution in [1.29, 1.82) is 0 Å². The van der Waals surface area contributed by atoms with E-state index in [1.165, 1.54) is 32.1 Å². The molecule has 1 saturated carbocycles. The first-order chi connectivity index (χ1) is 11.9. The van der Waals surface area contributed by atoms with Crippen molar-refractivity contribution in [2.75, 3.05) is 6.61 Å². The van der Waals surface area contributed by atoms with Crippen LogP contribution in [-0.4, -0.2) is 34.1 Å². The third kappa shape index (κ3) is 7.56. The lowest BCUT2D eigenvalue weighted by Crippen LogP contribution is -2.43. The van der Waals surface area contributed by atoms with Crippen LogP contribution >= 0.6 is 0 Å². The molecule has 0 bridgehead atoms. The lowest BCUT2D eigenvalue weighted by atomic mass is 9.73. The zero-order valence-electron chi connectivity index (χ0n) is 17.2. The Morgan fingerprint density at radius 1 is 0.960 bits per heavy atom. The minimum Gasteiger partial charge on any atom is -0.396 e. The minimum atomic E-state index is -0.692. The summed E-state index contributed by atoms with van der Waals surface area (Å²) in [7, 11) is 0. The highest BCUT2D eigenvalue weighted by atomic mass is 16.3. The van der Waals surface area contributed by atoms with E-state index >= 15 is 0 Å². The molecule has 0 aromatic rings. The lowest BCUT2D eigenvalue weighted by Gasteiger charge is -2.37. The molecule has 7 atom stereocenters. The Morgan fingerprint density at radius 2 is 1.64 bits per heavy atom. The monoisotopic (exact) mass is 356 g/mol. The number of aliphatic hydroxyl groups excluding tert-OH is 3. The Hall–Kier alpha value is -0.120. The van der Waals surface area contributed by atoms with E-state index in [1.807, 2.05) is 0 Å². The molecule has 1 aliphatic rings. The van der Waals surface area contributed by atoms with E-state index in [0.717, 1.165) is 38.0 Å². The number of hydrogen-bond donors (Lipinski definition) is 3. The molecule has 1 fully saturated rings. The molecule has 25 heavy (non-hydrogen) atoms. The highest BCUT2D eigenvalue weighted by Crippen LogP contribution is 2.35. The van der Waals surface area contributed by atoms with Crippen molar-refractivity contribution in [1.82, 2.24) is 0 Å². The zero-order valence-corrected chi connectivity index (χ0v) is 17.2. The van der Waals surface area contributed by atoms with Gasteiger partial charge >= 0.3 is 0 Å². The first-order valence-corrected chi connectivity index (χ1v) is 10.9. The van der Waals surface area contributed by atoms with E-state index in [1.54, 1.807) is 0 Å². The van der Waals surface area contributed by atoms with Gasteiger partial charge in [-0.3, -0.25) is 0 Å². The molecule has 5 unspecified atom stereocenters. The quantitative estimate of drug-likeness (QED) is 0.472. The van der Waals surface area contributed by atoms with Crippen LogP contribution in [0.3, 0.4) is 0 Å². The van der Waals surface area contributed by atoms with Crippen LogP contribution in [-0.2, 0) is 0 Å². The summed E-state index contributed by atoms with van der Waals surface area (Å²) in [6.07, 6.45) is 10.1. The normalized spacial score (nSPS) is 27.5. The maximum absolute atomic E-state index is 10.7. The van der Waals surface area contributed by atoms with Crippen LogP contribution < -0.4 is 0 Å².